The van der Waals surface area contributed by atoms with Crippen LogP contribution in [-0.4, -0.2) is 56.1 Å². The summed E-state index contributed by atoms with van der Waals surface area (Å²) in [7, 11) is 0. The van der Waals surface area contributed by atoms with Crippen LogP contribution in [0.15, 0.2) is 42.5 Å². The van der Waals surface area contributed by atoms with Crippen LogP contribution in [0.5, 0.6) is 0 Å². The number of hydrogen-bond acceptors (Lipinski definition) is 5. The molecule has 0 aliphatic carbocycles. The van der Waals surface area contributed by atoms with Crippen molar-refractivity contribution < 1.29 is 9.59 Å². The smallest absolute Gasteiger partial charge is 0.324 e. The number of nitrogens with zero attached hydrogens (tertiary/aromatic N) is 1. The van der Waals surface area contributed by atoms with E-state index < -0.39 is 0 Å². The molecule has 0 radical (unpaired) electrons. The predicted molar refractivity (Wildman–Crippen MR) is 110 cm³/mol. The molecule has 0 spiro atoms. The standard InChI is InChI=1S/C19H25N5O2S/c25-18(21-9-4-12-24-13-10-20-11-14-24)16-7-8-17(27-16)23-19(26)22-15-5-2-1-3-6-15/h1-3,5-8,20H,4,9-14H2,(H,21,25)(H2,22,23,26). The van der Waals surface area contributed by atoms with Crippen molar-refractivity contribution in [2.24, 2.45) is 0 Å². The number of carbonyl (C=O) groups excluding carboxylic acids is 2. The summed E-state index contributed by atoms with van der Waals surface area (Å²) in [5, 5.41) is 12.4. The molecule has 1 aromatic carbocycles. The lowest BCUT2D eigenvalue weighted by molar-refractivity contribution is 0.0955. The summed E-state index contributed by atoms with van der Waals surface area (Å²) in [5.74, 6) is -0.100. The molecule has 27 heavy (non-hydrogen) atoms. The van der Waals surface area contributed by atoms with Gasteiger partial charge in [-0.1, -0.05) is 18.2 Å². The van der Waals surface area contributed by atoms with Crippen LogP contribution in [0.2, 0.25) is 0 Å². The van der Waals surface area contributed by atoms with Crippen molar-refractivity contribution >= 4 is 34.0 Å². The van der Waals surface area contributed by atoms with Gasteiger partial charge in [0.2, 0.25) is 0 Å². The van der Waals surface area contributed by atoms with Crippen molar-refractivity contribution in [1.29, 1.82) is 0 Å². The molecule has 4 N–H and O–H groups in total. The van der Waals surface area contributed by atoms with Gasteiger partial charge in [0.05, 0.1) is 9.88 Å². The molecule has 7 nitrogen and oxygen atoms in total. The van der Waals surface area contributed by atoms with Gasteiger partial charge in [-0.05, 0) is 37.2 Å². The normalized spacial score (nSPS) is 14.5. The molecule has 0 bridgehead atoms. The first-order valence-electron chi connectivity index (χ1n) is 9.15. The van der Waals surface area contributed by atoms with Crippen LogP contribution >= 0.6 is 11.3 Å². The number of benzene rings is 1. The van der Waals surface area contributed by atoms with Crippen LogP contribution in [0.3, 0.4) is 0 Å². The molecule has 1 aliphatic heterocycles. The Kier molecular flexibility index (Phi) is 7.20. The van der Waals surface area contributed by atoms with E-state index >= 15 is 0 Å². The molecular weight excluding hydrogens is 362 g/mol. The summed E-state index contributed by atoms with van der Waals surface area (Å²) >= 11 is 1.26. The van der Waals surface area contributed by atoms with Crippen molar-refractivity contribution in [1.82, 2.24) is 15.5 Å². The van der Waals surface area contributed by atoms with E-state index in [0.717, 1.165) is 39.1 Å². The number of amides is 3. The molecule has 0 unspecified atom stereocenters. The fourth-order valence-electron chi connectivity index (χ4n) is 2.85. The van der Waals surface area contributed by atoms with E-state index in [0.29, 0.717) is 22.1 Å². The van der Waals surface area contributed by atoms with E-state index in [-0.39, 0.29) is 11.9 Å². The fraction of sp³-hybridized carbons (Fsp3) is 0.368. The second-order valence-corrected chi connectivity index (χ2v) is 7.39. The summed E-state index contributed by atoms with van der Waals surface area (Å²) in [6.07, 6.45) is 0.932. The molecule has 2 aromatic rings. The number of carbonyl (C=O) groups is 2. The second-order valence-electron chi connectivity index (χ2n) is 6.31. The van der Waals surface area contributed by atoms with E-state index in [9.17, 15) is 9.59 Å². The van der Waals surface area contributed by atoms with Crippen molar-refractivity contribution in [2.75, 3.05) is 49.9 Å². The van der Waals surface area contributed by atoms with E-state index in [1.54, 1.807) is 12.1 Å². The first kappa shape index (κ1) is 19.3. The molecule has 1 aliphatic rings. The molecule has 3 rings (SSSR count). The third-order valence-electron chi connectivity index (χ3n) is 4.24. The van der Waals surface area contributed by atoms with Crippen molar-refractivity contribution in [3.05, 3.63) is 47.3 Å². The van der Waals surface area contributed by atoms with Crippen LogP contribution in [-0.2, 0) is 0 Å². The van der Waals surface area contributed by atoms with Crippen molar-refractivity contribution in [3.8, 4) is 0 Å². The number of piperazine rings is 1. The Morgan fingerprint density at radius 2 is 1.81 bits per heavy atom. The lowest BCUT2D eigenvalue weighted by Crippen LogP contribution is -2.44. The minimum absolute atomic E-state index is 0.100. The summed E-state index contributed by atoms with van der Waals surface area (Å²) in [6, 6.07) is 12.4. The van der Waals surface area contributed by atoms with Gasteiger partial charge in [-0.15, -0.1) is 11.3 Å². The Labute approximate surface area is 163 Å². The number of urea groups is 1. The fourth-order valence-corrected chi connectivity index (χ4v) is 3.67. The van der Waals surface area contributed by atoms with Crippen LogP contribution in [0.1, 0.15) is 16.1 Å². The van der Waals surface area contributed by atoms with Gasteiger partial charge in [0.1, 0.15) is 0 Å². The van der Waals surface area contributed by atoms with Gasteiger partial charge in [0.25, 0.3) is 5.91 Å². The highest BCUT2D eigenvalue weighted by Crippen LogP contribution is 2.22. The Morgan fingerprint density at radius 1 is 1.04 bits per heavy atom. The minimum atomic E-state index is -0.328. The summed E-state index contributed by atoms with van der Waals surface area (Å²) in [4.78, 5) is 27.2. The number of anilines is 2. The number of rotatable bonds is 7. The van der Waals surface area contributed by atoms with Gasteiger partial charge in [-0.3, -0.25) is 10.1 Å². The third kappa shape index (κ3) is 6.35. The van der Waals surface area contributed by atoms with Crippen LogP contribution in [0.25, 0.3) is 0 Å². The summed E-state index contributed by atoms with van der Waals surface area (Å²) in [5.41, 5.74) is 0.717. The third-order valence-corrected chi connectivity index (χ3v) is 5.24. The number of para-hydroxylation sites is 1. The van der Waals surface area contributed by atoms with Crippen molar-refractivity contribution in [2.45, 2.75) is 6.42 Å². The van der Waals surface area contributed by atoms with E-state index in [2.05, 4.69) is 26.2 Å². The molecule has 144 valence electrons. The molecule has 8 heteroatoms. The average molecular weight is 388 g/mol. The Morgan fingerprint density at radius 3 is 2.59 bits per heavy atom. The molecule has 1 fully saturated rings. The molecule has 0 atom stereocenters. The van der Waals surface area contributed by atoms with Gasteiger partial charge in [-0.2, -0.15) is 0 Å². The minimum Gasteiger partial charge on any atom is -0.351 e. The summed E-state index contributed by atoms with van der Waals surface area (Å²) < 4.78 is 0. The van der Waals surface area contributed by atoms with E-state index in [1.165, 1.54) is 11.3 Å². The van der Waals surface area contributed by atoms with Crippen molar-refractivity contribution in [3.63, 3.8) is 0 Å². The topological polar surface area (TPSA) is 85.5 Å². The van der Waals surface area contributed by atoms with Gasteiger partial charge in [0, 0.05) is 38.4 Å². The van der Waals surface area contributed by atoms with Crippen LogP contribution < -0.4 is 21.3 Å². The maximum Gasteiger partial charge on any atom is 0.324 e. The number of hydrogen-bond donors (Lipinski definition) is 4. The van der Waals surface area contributed by atoms with Crippen LogP contribution in [0.4, 0.5) is 15.5 Å². The molecule has 1 aromatic heterocycles. The highest BCUT2D eigenvalue weighted by Gasteiger charge is 2.12. The zero-order valence-electron chi connectivity index (χ0n) is 15.2. The first-order chi connectivity index (χ1) is 13.2. The van der Waals surface area contributed by atoms with Gasteiger partial charge >= 0.3 is 6.03 Å². The lowest BCUT2D eigenvalue weighted by Gasteiger charge is -2.27. The van der Waals surface area contributed by atoms with Gasteiger partial charge in [0.15, 0.2) is 0 Å². The van der Waals surface area contributed by atoms with Gasteiger partial charge in [-0.25, -0.2) is 4.79 Å². The zero-order valence-corrected chi connectivity index (χ0v) is 16.0. The Balaban J connectivity index is 1.38. The van der Waals surface area contributed by atoms with E-state index in [4.69, 9.17) is 0 Å². The zero-order chi connectivity index (χ0) is 18.9. The number of thiophene rings is 1. The highest BCUT2D eigenvalue weighted by atomic mass is 32.1. The average Bonchev–Trinajstić information content (AvgIpc) is 3.15. The second kappa shape index (κ2) is 10.1. The largest absolute Gasteiger partial charge is 0.351 e. The number of nitrogens with one attached hydrogen (secondary N) is 4. The van der Waals surface area contributed by atoms with E-state index in [1.807, 2.05) is 30.3 Å². The highest BCUT2D eigenvalue weighted by molar-refractivity contribution is 7.18. The van der Waals surface area contributed by atoms with Crippen LogP contribution in [0, 0.1) is 0 Å². The lowest BCUT2D eigenvalue weighted by atomic mass is 10.3. The maximum absolute atomic E-state index is 12.2. The molecule has 1 saturated heterocycles. The first-order valence-corrected chi connectivity index (χ1v) is 9.96. The Bertz CT molecular complexity index is 744. The van der Waals surface area contributed by atoms with Gasteiger partial charge < -0.3 is 20.9 Å². The maximum atomic E-state index is 12.2. The predicted octanol–water partition coefficient (Wildman–Crippen LogP) is 2.42. The molecular formula is C19H25N5O2S. The molecule has 2 heterocycles. The Hall–Kier alpha value is -2.42. The monoisotopic (exact) mass is 387 g/mol. The quantitative estimate of drug-likeness (QED) is 0.550. The molecule has 0 saturated carbocycles. The SMILES string of the molecule is O=C(Nc1ccccc1)Nc1ccc(C(=O)NCCCN2CCNCC2)s1. The molecule has 3 amide bonds. The summed E-state index contributed by atoms with van der Waals surface area (Å²) in [6.45, 7) is 5.86.